The summed E-state index contributed by atoms with van der Waals surface area (Å²) in [6, 6.07) is 15.2. The lowest BCUT2D eigenvalue weighted by atomic mass is 10.1. The lowest BCUT2D eigenvalue weighted by Gasteiger charge is -2.08. The minimum absolute atomic E-state index is 0.0585. The summed E-state index contributed by atoms with van der Waals surface area (Å²) >= 11 is 0. The maximum Gasteiger partial charge on any atom is 0.282 e. The molecule has 0 spiro atoms. The van der Waals surface area contributed by atoms with Crippen LogP contribution < -0.4 is 5.32 Å². The van der Waals surface area contributed by atoms with E-state index in [4.69, 9.17) is 0 Å². The van der Waals surface area contributed by atoms with Gasteiger partial charge in [-0.25, -0.2) is 8.42 Å². The SMILES string of the molecule is CCS(=O)(=O)c1ccc(-c2cccc(NC(=O)c3ccccc3[N+](=O)[O-])c2)nn1. The van der Waals surface area contributed by atoms with E-state index < -0.39 is 20.7 Å². The van der Waals surface area contributed by atoms with Crippen molar-refractivity contribution in [3.63, 3.8) is 0 Å². The van der Waals surface area contributed by atoms with Crippen LogP contribution in [0.25, 0.3) is 11.3 Å². The van der Waals surface area contributed by atoms with Crippen molar-refractivity contribution >= 4 is 27.1 Å². The van der Waals surface area contributed by atoms with Gasteiger partial charge in [0.25, 0.3) is 11.6 Å². The van der Waals surface area contributed by atoms with Crippen LogP contribution in [0.1, 0.15) is 17.3 Å². The van der Waals surface area contributed by atoms with Crippen LogP contribution in [0.2, 0.25) is 0 Å². The van der Waals surface area contributed by atoms with E-state index in [2.05, 4.69) is 15.5 Å². The van der Waals surface area contributed by atoms with Gasteiger partial charge in [-0.15, -0.1) is 10.2 Å². The number of para-hydroxylation sites is 1. The number of nitrogens with one attached hydrogen (secondary N) is 1. The van der Waals surface area contributed by atoms with Gasteiger partial charge in [0.15, 0.2) is 14.9 Å². The molecule has 1 heterocycles. The molecule has 148 valence electrons. The predicted molar refractivity (Wildman–Crippen MR) is 106 cm³/mol. The average Bonchev–Trinajstić information content (AvgIpc) is 2.74. The number of nitrogens with zero attached hydrogens (tertiary/aromatic N) is 3. The maximum atomic E-state index is 12.5. The fourth-order valence-electron chi connectivity index (χ4n) is 2.57. The normalized spacial score (nSPS) is 11.1. The molecule has 0 aliphatic rings. The predicted octanol–water partition coefficient (Wildman–Crippen LogP) is 3.10. The van der Waals surface area contributed by atoms with Crippen LogP contribution in [0.15, 0.2) is 65.7 Å². The molecule has 1 N–H and O–H groups in total. The summed E-state index contributed by atoms with van der Waals surface area (Å²) in [6.07, 6.45) is 0. The molecule has 0 aliphatic heterocycles. The number of nitro groups is 1. The summed E-state index contributed by atoms with van der Waals surface area (Å²) in [5, 5.41) is 21.3. The summed E-state index contributed by atoms with van der Waals surface area (Å²) in [6.45, 7) is 1.52. The molecular weight excluding hydrogens is 396 g/mol. The zero-order valence-electron chi connectivity index (χ0n) is 15.3. The van der Waals surface area contributed by atoms with E-state index in [1.54, 1.807) is 30.3 Å². The smallest absolute Gasteiger partial charge is 0.282 e. The molecule has 3 rings (SSSR count). The van der Waals surface area contributed by atoms with Gasteiger partial charge in [0.05, 0.1) is 16.4 Å². The highest BCUT2D eigenvalue weighted by Gasteiger charge is 2.19. The highest BCUT2D eigenvalue weighted by molar-refractivity contribution is 7.91. The van der Waals surface area contributed by atoms with E-state index in [-0.39, 0.29) is 22.0 Å². The van der Waals surface area contributed by atoms with E-state index in [0.29, 0.717) is 16.9 Å². The molecule has 2 aromatic carbocycles. The Morgan fingerprint density at radius 2 is 1.83 bits per heavy atom. The molecule has 1 aromatic heterocycles. The number of anilines is 1. The van der Waals surface area contributed by atoms with Gasteiger partial charge >= 0.3 is 0 Å². The summed E-state index contributed by atoms with van der Waals surface area (Å²) in [5.74, 6) is -0.696. The molecule has 0 atom stereocenters. The van der Waals surface area contributed by atoms with Crippen LogP contribution in [-0.4, -0.2) is 35.2 Å². The third-order valence-corrected chi connectivity index (χ3v) is 5.72. The molecule has 3 aromatic rings. The molecule has 0 saturated carbocycles. The first kappa shape index (κ1) is 20.1. The Balaban J connectivity index is 1.85. The van der Waals surface area contributed by atoms with E-state index in [0.717, 1.165) is 0 Å². The highest BCUT2D eigenvalue weighted by Crippen LogP contribution is 2.23. The zero-order chi connectivity index (χ0) is 21.0. The Hall–Kier alpha value is -3.66. The number of rotatable bonds is 6. The summed E-state index contributed by atoms with van der Waals surface area (Å²) in [5.41, 5.74) is 1.06. The van der Waals surface area contributed by atoms with Gasteiger partial charge < -0.3 is 5.32 Å². The van der Waals surface area contributed by atoms with Gasteiger partial charge in [0, 0.05) is 17.3 Å². The topological polar surface area (TPSA) is 132 Å². The van der Waals surface area contributed by atoms with Crippen molar-refractivity contribution in [3.8, 4) is 11.3 Å². The lowest BCUT2D eigenvalue weighted by molar-refractivity contribution is -0.385. The number of carbonyl (C=O) groups is 1. The number of hydrogen-bond acceptors (Lipinski definition) is 7. The first-order valence-corrected chi connectivity index (χ1v) is 10.2. The van der Waals surface area contributed by atoms with Gasteiger partial charge in [0.1, 0.15) is 5.56 Å². The molecule has 0 fully saturated rings. The quantitative estimate of drug-likeness (QED) is 0.486. The van der Waals surface area contributed by atoms with E-state index in [1.165, 1.54) is 37.3 Å². The lowest BCUT2D eigenvalue weighted by Crippen LogP contribution is -2.13. The molecule has 29 heavy (non-hydrogen) atoms. The van der Waals surface area contributed by atoms with Crippen molar-refractivity contribution in [2.75, 3.05) is 11.1 Å². The molecule has 9 nitrogen and oxygen atoms in total. The number of benzene rings is 2. The standard InChI is InChI=1S/C19H16N4O5S/c1-2-29(27,28)18-11-10-16(21-22-18)13-6-5-7-14(12-13)20-19(24)15-8-3-4-9-17(15)23(25)26/h3-12H,2H2,1H3,(H,20,24). The first-order valence-electron chi connectivity index (χ1n) is 8.53. The fourth-order valence-corrected chi connectivity index (χ4v) is 3.30. The zero-order valence-corrected chi connectivity index (χ0v) is 16.1. The highest BCUT2D eigenvalue weighted by atomic mass is 32.2. The third-order valence-electron chi connectivity index (χ3n) is 4.10. The number of hydrogen-bond donors (Lipinski definition) is 1. The van der Waals surface area contributed by atoms with E-state index in [9.17, 15) is 23.3 Å². The van der Waals surface area contributed by atoms with Crippen LogP contribution in [0.3, 0.4) is 0 Å². The Morgan fingerprint density at radius 3 is 2.48 bits per heavy atom. The number of nitro benzene ring substituents is 1. The van der Waals surface area contributed by atoms with Gasteiger partial charge in [0.2, 0.25) is 0 Å². The van der Waals surface area contributed by atoms with Crippen LogP contribution in [0.5, 0.6) is 0 Å². The van der Waals surface area contributed by atoms with Gasteiger partial charge in [-0.1, -0.05) is 31.2 Å². The van der Waals surface area contributed by atoms with Crippen LogP contribution in [-0.2, 0) is 9.84 Å². The maximum absolute atomic E-state index is 12.5. The molecule has 0 aliphatic carbocycles. The van der Waals surface area contributed by atoms with Crippen molar-refractivity contribution in [2.24, 2.45) is 0 Å². The Bertz CT molecular complexity index is 1180. The molecule has 0 radical (unpaired) electrons. The van der Waals surface area contributed by atoms with Gasteiger partial charge in [-0.2, -0.15) is 0 Å². The molecule has 0 saturated heterocycles. The van der Waals surface area contributed by atoms with Crippen molar-refractivity contribution < 1.29 is 18.1 Å². The van der Waals surface area contributed by atoms with Crippen LogP contribution in [0.4, 0.5) is 11.4 Å². The second-order valence-electron chi connectivity index (χ2n) is 5.97. The van der Waals surface area contributed by atoms with Crippen LogP contribution in [0, 0.1) is 10.1 Å². The first-order chi connectivity index (χ1) is 13.8. The number of aromatic nitrogens is 2. The second-order valence-corrected chi connectivity index (χ2v) is 8.19. The molecule has 1 amide bonds. The summed E-state index contributed by atoms with van der Waals surface area (Å²) < 4.78 is 23.7. The van der Waals surface area contributed by atoms with E-state index in [1.807, 2.05) is 0 Å². The molecular formula is C19H16N4O5S. The van der Waals surface area contributed by atoms with Crippen molar-refractivity contribution in [2.45, 2.75) is 11.9 Å². The van der Waals surface area contributed by atoms with Crippen LogP contribution >= 0.6 is 0 Å². The Morgan fingerprint density at radius 1 is 1.07 bits per heavy atom. The molecule has 0 bridgehead atoms. The minimum Gasteiger partial charge on any atom is -0.322 e. The van der Waals surface area contributed by atoms with Gasteiger partial charge in [-0.05, 0) is 30.3 Å². The summed E-state index contributed by atoms with van der Waals surface area (Å²) in [7, 11) is -3.45. The third kappa shape index (κ3) is 4.43. The largest absolute Gasteiger partial charge is 0.322 e. The Labute approximate surface area is 166 Å². The monoisotopic (exact) mass is 412 g/mol. The summed E-state index contributed by atoms with van der Waals surface area (Å²) in [4.78, 5) is 23.0. The number of sulfone groups is 1. The Kier molecular flexibility index (Phi) is 5.64. The van der Waals surface area contributed by atoms with Crippen molar-refractivity contribution in [1.29, 1.82) is 0 Å². The minimum atomic E-state index is -3.45. The number of amides is 1. The number of carbonyl (C=O) groups excluding carboxylic acids is 1. The molecule has 0 unspecified atom stereocenters. The van der Waals surface area contributed by atoms with Gasteiger partial charge in [-0.3, -0.25) is 14.9 Å². The van der Waals surface area contributed by atoms with E-state index >= 15 is 0 Å². The van der Waals surface area contributed by atoms with Crippen molar-refractivity contribution in [3.05, 3.63) is 76.3 Å². The van der Waals surface area contributed by atoms with Crippen molar-refractivity contribution in [1.82, 2.24) is 10.2 Å². The fraction of sp³-hybridized carbons (Fsp3) is 0.105. The molecule has 10 heteroatoms. The second kappa shape index (κ2) is 8.15. The average molecular weight is 412 g/mol.